The van der Waals surface area contributed by atoms with Gasteiger partial charge in [0.1, 0.15) is 6.04 Å². The monoisotopic (exact) mass is 256 g/mol. The first kappa shape index (κ1) is 13.3. The number of nitrogens with one attached hydrogen (secondary N) is 2. The Morgan fingerprint density at radius 3 is 2.72 bits per heavy atom. The zero-order valence-electron chi connectivity index (χ0n) is 10.5. The normalized spacial score (nSPS) is 33.2. The van der Waals surface area contributed by atoms with Gasteiger partial charge in [0.15, 0.2) is 0 Å². The van der Waals surface area contributed by atoms with Gasteiger partial charge in [-0.1, -0.05) is 0 Å². The Labute approximate surface area is 106 Å². The predicted octanol–water partition coefficient (Wildman–Crippen LogP) is -2.35. The average Bonchev–Trinajstić information content (AvgIpc) is 2.39. The largest absolute Gasteiger partial charge is 0.377 e. The van der Waals surface area contributed by atoms with Crippen LogP contribution in [0.2, 0.25) is 0 Å². The number of nitrogens with two attached hydrogens (primary N) is 1. The summed E-state index contributed by atoms with van der Waals surface area (Å²) in [6.07, 6.45) is 0. The third-order valence-corrected chi connectivity index (χ3v) is 3.38. The molecule has 7 heteroatoms. The lowest BCUT2D eigenvalue weighted by Crippen LogP contribution is -2.64. The summed E-state index contributed by atoms with van der Waals surface area (Å²) in [5, 5.41) is 6.42. The van der Waals surface area contributed by atoms with Crippen molar-refractivity contribution in [2.75, 3.05) is 32.8 Å². The summed E-state index contributed by atoms with van der Waals surface area (Å²) in [6, 6.07) is -0.584. The Morgan fingerprint density at radius 2 is 2.11 bits per heavy atom. The fourth-order valence-electron chi connectivity index (χ4n) is 2.26. The minimum atomic E-state index is -0.646. The SMILES string of the molecule is CC1CNC(C(=O)N2CCOCC2C(N)=O)CN1. The summed E-state index contributed by atoms with van der Waals surface area (Å²) in [5.74, 6) is -0.596. The van der Waals surface area contributed by atoms with Gasteiger partial charge >= 0.3 is 0 Å². The molecule has 2 aliphatic heterocycles. The van der Waals surface area contributed by atoms with Gasteiger partial charge < -0.3 is 26.0 Å². The highest BCUT2D eigenvalue weighted by Gasteiger charge is 2.35. The molecule has 2 amide bonds. The summed E-state index contributed by atoms with van der Waals surface area (Å²) < 4.78 is 5.20. The van der Waals surface area contributed by atoms with Crippen molar-refractivity contribution in [1.29, 1.82) is 0 Å². The van der Waals surface area contributed by atoms with Crippen LogP contribution < -0.4 is 16.4 Å². The smallest absolute Gasteiger partial charge is 0.242 e. The Morgan fingerprint density at radius 1 is 1.33 bits per heavy atom. The van der Waals surface area contributed by atoms with Crippen molar-refractivity contribution < 1.29 is 14.3 Å². The van der Waals surface area contributed by atoms with E-state index in [4.69, 9.17) is 10.5 Å². The molecule has 2 aliphatic rings. The number of amides is 2. The van der Waals surface area contributed by atoms with Crippen molar-refractivity contribution in [3.05, 3.63) is 0 Å². The highest BCUT2D eigenvalue weighted by Crippen LogP contribution is 2.09. The van der Waals surface area contributed by atoms with E-state index in [9.17, 15) is 9.59 Å². The third-order valence-electron chi connectivity index (χ3n) is 3.38. The number of primary amides is 1. The molecule has 0 spiro atoms. The van der Waals surface area contributed by atoms with E-state index in [1.807, 2.05) is 0 Å². The van der Waals surface area contributed by atoms with E-state index in [0.29, 0.717) is 25.7 Å². The van der Waals surface area contributed by atoms with Gasteiger partial charge in [-0.05, 0) is 6.92 Å². The zero-order valence-corrected chi connectivity index (χ0v) is 10.5. The molecule has 18 heavy (non-hydrogen) atoms. The second-order valence-electron chi connectivity index (χ2n) is 4.79. The Hall–Kier alpha value is -1.18. The fourth-order valence-corrected chi connectivity index (χ4v) is 2.26. The molecule has 7 nitrogen and oxygen atoms in total. The summed E-state index contributed by atoms with van der Waals surface area (Å²) in [6.45, 7) is 4.42. The molecule has 0 aromatic heterocycles. The Bertz CT molecular complexity index is 328. The number of hydrogen-bond donors (Lipinski definition) is 3. The van der Waals surface area contributed by atoms with Crippen LogP contribution in [0.5, 0.6) is 0 Å². The number of morpholine rings is 1. The molecular formula is C11H20N4O3. The number of carbonyl (C=O) groups excluding carboxylic acids is 2. The summed E-state index contributed by atoms with van der Waals surface area (Å²) in [7, 11) is 0. The summed E-state index contributed by atoms with van der Waals surface area (Å²) >= 11 is 0. The van der Waals surface area contributed by atoms with E-state index in [-0.39, 0.29) is 18.6 Å². The molecule has 0 saturated carbocycles. The van der Waals surface area contributed by atoms with Crippen LogP contribution in [0.3, 0.4) is 0 Å². The van der Waals surface area contributed by atoms with E-state index in [2.05, 4.69) is 17.6 Å². The van der Waals surface area contributed by atoms with Gasteiger partial charge in [-0.2, -0.15) is 0 Å². The van der Waals surface area contributed by atoms with E-state index in [0.717, 1.165) is 6.54 Å². The van der Waals surface area contributed by atoms with Gasteiger partial charge in [-0.15, -0.1) is 0 Å². The molecule has 2 saturated heterocycles. The van der Waals surface area contributed by atoms with Crippen molar-refractivity contribution in [3.8, 4) is 0 Å². The molecule has 0 radical (unpaired) electrons. The highest BCUT2D eigenvalue weighted by atomic mass is 16.5. The molecule has 0 aromatic carbocycles. The van der Waals surface area contributed by atoms with Gasteiger partial charge in [-0.3, -0.25) is 9.59 Å². The molecule has 3 atom stereocenters. The Kier molecular flexibility index (Phi) is 4.15. The van der Waals surface area contributed by atoms with Crippen LogP contribution in [-0.4, -0.2) is 67.7 Å². The standard InChI is InChI=1S/C11H20N4O3/c1-7-4-14-8(5-13-7)11(17)15-2-3-18-6-9(15)10(12)16/h7-9,13-14H,2-6H2,1H3,(H2,12,16). The summed E-state index contributed by atoms with van der Waals surface area (Å²) in [4.78, 5) is 25.2. The van der Waals surface area contributed by atoms with E-state index in [1.165, 1.54) is 4.90 Å². The van der Waals surface area contributed by atoms with Crippen LogP contribution in [0.15, 0.2) is 0 Å². The maximum atomic E-state index is 12.3. The van der Waals surface area contributed by atoms with E-state index in [1.54, 1.807) is 0 Å². The average molecular weight is 256 g/mol. The fraction of sp³-hybridized carbons (Fsp3) is 0.818. The van der Waals surface area contributed by atoms with Crippen LogP contribution in [0.25, 0.3) is 0 Å². The second kappa shape index (κ2) is 5.64. The van der Waals surface area contributed by atoms with Crippen molar-refractivity contribution in [1.82, 2.24) is 15.5 Å². The molecule has 102 valence electrons. The lowest BCUT2D eigenvalue weighted by molar-refractivity contribution is -0.149. The number of piperazine rings is 1. The van der Waals surface area contributed by atoms with Gasteiger partial charge in [0.25, 0.3) is 0 Å². The first-order valence-electron chi connectivity index (χ1n) is 6.24. The van der Waals surface area contributed by atoms with Gasteiger partial charge in [-0.25, -0.2) is 0 Å². The number of nitrogens with zero attached hydrogens (tertiary/aromatic N) is 1. The predicted molar refractivity (Wildman–Crippen MR) is 64.8 cm³/mol. The number of carbonyl (C=O) groups is 2. The number of ether oxygens (including phenoxy) is 1. The van der Waals surface area contributed by atoms with E-state index < -0.39 is 11.9 Å². The minimum absolute atomic E-state index is 0.0819. The topological polar surface area (TPSA) is 96.7 Å². The third kappa shape index (κ3) is 2.80. The van der Waals surface area contributed by atoms with Crippen molar-refractivity contribution in [2.45, 2.75) is 25.0 Å². The summed E-state index contributed by atoms with van der Waals surface area (Å²) in [5.41, 5.74) is 5.30. The molecule has 3 unspecified atom stereocenters. The highest BCUT2D eigenvalue weighted by molar-refractivity contribution is 5.89. The molecule has 2 fully saturated rings. The first-order valence-corrected chi connectivity index (χ1v) is 6.24. The minimum Gasteiger partial charge on any atom is -0.377 e. The van der Waals surface area contributed by atoms with Gasteiger partial charge in [0, 0.05) is 25.7 Å². The molecule has 0 bridgehead atoms. The molecule has 0 aliphatic carbocycles. The quantitative estimate of drug-likeness (QED) is 0.514. The lowest BCUT2D eigenvalue weighted by Gasteiger charge is -2.38. The van der Waals surface area contributed by atoms with Crippen LogP contribution >= 0.6 is 0 Å². The maximum absolute atomic E-state index is 12.3. The molecule has 2 rings (SSSR count). The van der Waals surface area contributed by atoms with Crippen LogP contribution in [0.4, 0.5) is 0 Å². The molecule has 0 aromatic rings. The van der Waals surface area contributed by atoms with Crippen LogP contribution in [-0.2, 0) is 14.3 Å². The number of rotatable bonds is 2. The van der Waals surface area contributed by atoms with Crippen molar-refractivity contribution in [3.63, 3.8) is 0 Å². The van der Waals surface area contributed by atoms with Crippen molar-refractivity contribution >= 4 is 11.8 Å². The second-order valence-corrected chi connectivity index (χ2v) is 4.79. The molecular weight excluding hydrogens is 236 g/mol. The molecule has 4 N–H and O–H groups in total. The maximum Gasteiger partial charge on any atom is 0.242 e. The van der Waals surface area contributed by atoms with Gasteiger partial charge in [0.05, 0.1) is 19.3 Å². The van der Waals surface area contributed by atoms with Gasteiger partial charge in [0.2, 0.25) is 11.8 Å². The zero-order chi connectivity index (χ0) is 13.1. The first-order chi connectivity index (χ1) is 8.59. The van der Waals surface area contributed by atoms with Crippen LogP contribution in [0.1, 0.15) is 6.92 Å². The van der Waals surface area contributed by atoms with Crippen molar-refractivity contribution in [2.24, 2.45) is 5.73 Å². The number of hydrogen-bond acceptors (Lipinski definition) is 5. The lowest BCUT2D eigenvalue weighted by atomic mass is 10.1. The van der Waals surface area contributed by atoms with E-state index >= 15 is 0 Å². The molecule has 2 heterocycles. The Balaban J connectivity index is 2.00. The van der Waals surface area contributed by atoms with Crippen LogP contribution in [0, 0.1) is 0 Å².